The van der Waals surface area contributed by atoms with E-state index in [1.165, 1.54) is 6.07 Å². The van der Waals surface area contributed by atoms with Gasteiger partial charge in [0.05, 0.1) is 11.0 Å². The van der Waals surface area contributed by atoms with Gasteiger partial charge in [0.1, 0.15) is 0 Å². The minimum Gasteiger partial charge on any atom is -0.396 e. The van der Waals surface area contributed by atoms with Crippen molar-refractivity contribution < 1.29 is 14.8 Å². The summed E-state index contributed by atoms with van der Waals surface area (Å²) in [4.78, 5) is 22.2. The van der Waals surface area contributed by atoms with Crippen LogP contribution >= 0.6 is 0 Å². The first kappa shape index (κ1) is 16.9. The molecule has 1 unspecified atom stereocenters. The molecular formula is C14H21N3O4. The van der Waals surface area contributed by atoms with E-state index in [-0.39, 0.29) is 30.4 Å². The lowest BCUT2D eigenvalue weighted by atomic mass is 10.0. The number of nitrogens with zero attached hydrogens (tertiary/aromatic N) is 1. The molecule has 0 radical (unpaired) electrons. The number of aliphatic hydroxyl groups excluding tert-OH is 1. The Morgan fingerprint density at radius 3 is 2.62 bits per heavy atom. The van der Waals surface area contributed by atoms with Gasteiger partial charge in [0, 0.05) is 24.3 Å². The van der Waals surface area contributed by atoms with Crippen molar-refractivity contribution in [3.05, 3.63) is 39.4 Å². The Labute approximate surface area is 123 Å². The maximum absolute atomic E-state index is 11.8. The number of nitrogens with one attached hydrogen (secondary N) is 2. The lowest BCUT2D eigenvalue weighted by Gasteiger charge is -2.18. The van der Waals surface area contributed by atoms with Crippen LogP contribution in [-0.4, -0.2) is 28.7 Å². The van der Waals surface area contributed by atoms with Crippen LogP contribution in [0, 0.1) is 17.0 Å². The van der Waals surface area contributed by atoms with E-state index in [2.05, 4.69) is 10.6 Å². The summed E-state index contributed by atoms with van der Waals surface area (Å²) in [6.07, 6.45) is 0.470. The Morgan fingerprint density at radius 2 is 2.05 bits per heavy atom. The molecule has 0 spiro atoms. The van der Waals surface area contributed by atoms with Gasteiger partial charge in [0.25, 0.3) is 5.69 Å². The predicted octanol–water partition coefficient (Wildman–Crippen LogP) is 2.03. The van der Waals surface area contributed by atoms with Gasteiger partial charge in [-0.1, -0.05) is 12.1 Å². The van der Waals surface area contributed by atoms with Gasteiger partial charge in [-0.3, -0.25) is 10.1 Å². The minimum absolute atomic E-state index is 0.00115. The first-order valence-corrected chi connectivity index (χ1v) is 6.78. The summed E-state index contributed by atoms with van der Waals surface area (Å²) in [5.41, 5.74) is 1.28. The van der Waals surface area contributed by atoms with Gasteiger partial charge in [-0.25, -0.2) is 4.79 Å². The van der Waals surface area contributed by atoms with Crippen molar-refractivity contribution in [2.75, 3.05) is 6.61 Å². The number of carbonyl (C=O) groups is 1. The van der Waals surface area contributed by atoms with Crippen LogP contribution in [0.15, 0.2) is 18.2 Å². The molecule has 0 aliphatic carbocycles. The van der Waals surface area contributed by atoms with Crippen LogP contribution in [0.2, 0.25) is 0 Å². The summed E-state index contributed by atoms with van der Waals surface area (Å²) in [6.45, 7) is 5.21. The largest absolute Gasteiger partial charge is 0.396 e. The van der Waals surface area contributed by atoms with Crippen LogP contribution in [0.1, 0.15) is 37.4 Å². The fourth-order valence-corrected chi connectivity index (χ4v) is 1.90. The van der Waals surface area contributed by atoms with Gasteiger partial charge in [0.2, 0.25) is 0 Å². The standard InChI is InChI=1S/C14H21N3O4/c1-9-4-5-12(8-13(9)17(20)21)11(3)16-14(19)15-10(2)6-7-18/h4-5,8,10-11,18H,6-7H2,1-3H3,(H2,15,16,19)/t10-,11?/m1/s1. The predicted molar refractivity (Wildman–Crippen MR) is 79.1 cm³/mol. The number of rotatable bonds is 6. The molecule has 0 heterocycles. The Morgan fingerprint density at radius 1 is 1.38 bits per heavy atom. The van der Waals surface area contributed by atoms with E-state index in [9.17, 15) is 14.9 Å². The molecule has 3 N–H and O–H groups in total. The van der Waals surface area contributed by atoms with Crippen molar-refractivity contribution in [1.82, 2.24) is 10.6 Å². The number of urea groups is 1. The average molecular weight is 295 g/mol. The van der Waals surface area contributed by atoms with Gasteiger partial charge in [-0.05, 0) is 32.8 Å². The maximum atomic E-state index is 11.8. The lowest BCUT2D eigenvalue weighted by Crippen LogP contribution is -2.42. The van der Waals surface area contributed by atoms with Crippen molar-refractivity contribution in [2.24, 2.45) is 0 Å². The van der Waals surface area contributed by atoms with Crippen LogP contribution in [0.4, 0.5) is 10.5 Å². The van der Waals surface area contributed by atoms with Crippen molar-refractivity contribution in [1.29, 1.82) is 0 Å². The summed E-state index contributed by atoms with van der Waals surface area (Å²) in [6, 6.07) is 4.02. The topological polar surface area (TPSA) is 104 Å². The van der Waals surface area contributed by atoms with E-state index in [1.807, 2.05) is 0 Å². The molecule has 0 bridgehead atoms. The van der Waals surface area contributed by atoms with Crippen molar-refractivity contribution >= 4 is 11.7 Å². The maximum Gasteiger partial charge on any atom is 0.315 e. The highest BCUT2D eigenvalue weighted by Gasteiger charge is 2.16. The zero-order chi connectivity index (χ0) is 16.0. The number of nitro groups is 1. The molecular weight excluding hydrogens is 274 g/mol. The number of hydrogen-bond acceptors (Lipinski definition) is 4. The van der Waals surface area contributed by atoms with E-state index in [0.29, 0.717) is 17.5 Å². The van der Waals surface area contributed by atoms with Crippen LogP contribution < -0.4 is 10.6 Å². The first-order valence-electron chi connectivity index (χ1n) is 6.78. The summed E-state index contributed by atoms with van der Waals surface area (Å²) < 4.78 is 0. The van der Waals surface area contributed by atoms with Gasteiger partial charge in [0.15, 0.2) is 0 Å². The fraction of sp³-hybridized carbons (Fsp3) is 0.500. The molecule has 0 saturated carbocycles. The molecule has 1 rings (SSSR count). The third kappa shape index (κ3) is 5.03. The highest BCUT2D eigenvalue weighted by atomic mass is 16.6. The normalized spacial score (nSPS) is 13.3. The van der Waals surface area contributed by atoms with Crippen LogP contribution in [0.25, 0.3) is 0 Å². The van der Waals surface area contributed by atoms with Crippen molar-refractivity contribution in [3.63, 3.8) is 0 Å². The quantitative estimate of drug-likeness (QED) is 0.551. The van der Waals surface area contributed by atoms with Gasteiger partial charge in [-0.15, -0.1) is 0 Å². The van der Waals surface area contributed by atoms with E-state index in [1.54, 1.807) is 32.9 Å². The second-order valence-electron chi connectivity index (χ2n) is 5.06. The smallest absolute Gasteiger partial charge is 0.315 e. The van der Waals surface area contributed by atoms with Gasteiger partial charge in [-0.2, -0.15) is 0 Å². The Kier molecular flexibility index (Phi) is 6.10. The highest BCUT2D eigenvalue weighted by Crippen LogP contribution is 2.23. The van der Waals surface area contributed by atoms with Crippen molar-refractivity contribution in [3.8, 4) is 0 Å². The van der Waals surface area contributed by atoms with E-state index in [0.717, 1.165) is 0 Å². The molecule has 2 atom stereocenters. The number of carbonyl (C=O) groups excluding carboxylic acids is 1. The molecule has 116 valence electrons. The molecule has 7 nitrogen and oxygen atoms in total. The van der Waals surface area contributed by atoms with Crippen LogP contribution in [0.3, 0.4) is 0 Å². The molecule has 1 aromatic carbocycles. The molecule has 0 aliphatic rings. The lowest BCUT2D eigenvalue weighted by molar-refractivity contribution is -0.385. The Bertz CT molecular complexity index is 519. The second kappa shape index (κ2) is 7.58. The number of aryl methyl sites for hydroxylation is 1. The SMILES string of the molecule is Cc1ccc(C(C)NC(=O)N[C@H](C)CCO)cc1[N+](=O)[O-]. The van der Waals surface area contributed by atoms with E-state index < -0.39 is 4.92 Å². The summed E-state index contributed by atoms with van der Waals surface area (Å²) in [5.74, 6) is 0. The number of nitro benzene ring substituents is 1. The van der Waals surface area contributed by atoms with E-state index in [4.69, 9.17) is 5.11 Å². The zero-order valence-electron chi connectivity index (χ0n) is 12.4. The summed E-state index contributed by atoms with van der Waals surface area (Å²) >= 11 is 0. The third-order valence-electron chi connectivity index (χ3n) is 3.22. The fourth-order valence-electron chi connectivity index (χ4n) is 1.90. The molecule has 7 heteroatoms. The zero-order valence-corrected chi connectivity index (χ0v) is 12.4. The number of benzene rings is 1. The highest BCUT2D eigenvalue weighted by molar-refractivity contribution is 5.74. The molecule has 1 aromatic rings. The van der Waals surface area contributed by atoms with E-state index >= 15 is 0 Å². The molecule has 0 saturated heterocycles. The molecule has 21 heavy (non-hydrogen) atoms. The molecule has 0 aromatic heterocycles. The van der Waals surface area contributed by atoms with Crippen LogP contribution in [-0.2, 0) is 0 Å². The molecule has 0 fully saturated rings. The number of amides is 2. The summed E-state index contributed by atoms with van der Waals surface area (Å²) in [5, 5.41) is 25.1. The van der Waals surface area contributed by atoms with Gasteiger partial charge >= 0.3 is 6.03 Å². The third-order valence-corrected chi connectivity index (χ3v) is 3.22. The molecule has 2 amide bonds. The second-order valence-corrected chi connectivity index (χ2v) is 5.06. The van der Waals surface area contributed by atoms with Gasteiger partial charge < -0.3 is 15.7 Å². The van der Waals surface area contributed by atoms with Crippen LogP contribution in [0.5, 0.6) is 0 Å². The summed E-state index contributed by atoms with van der Waals surface area (Å²) in [7, 11) is 0. The average Bonchev–Trinajstić information content (AvgIpc) is 2.38. The minimum atomic E-state index is -0.436. The Balaban J connectivity index is 2.71. The number of aliphatic hydroxyl groups is 1. The Hall–Kier alpha value is -2.15. The monoisotopic (exact) mass is 295 g/mol. The number of hydrogen-bond donors (Lipinski definition) is 3. The van der Waals surface area contributed by atoms with Crippen molar-refractivity contribution in [2.45, 2.75) is 39.3 Å². The first-order chi connectivity index (χ1) is 9.85. The molecule has 0 aliphatic heterocycles.